The first kappa shape index (κ1) is 29.6. The van der Waals surface area contributed by atoms with E-state index in [0.717, 1.165) is 51.4 Å². The maximum Gasteiger partial charge on any atom is 0.0629 e. The zero-order valence-electron chi connectivity index (χ0n) is 26.3. The first-order valence-corrected chi connectivity index (χ1v) is 18.5. The van der Waals surface area contributed by atoms with Crippen molar-refractivity contribution in [3.63, 3.8) is 0 Å². The summed E-state index contributed by atoms with van der Waals surface area (Å²) in [6.07, 6.45) is 15.5. The van der Waals surface area contributed by atoms with Crippen LogP contribution in [0.25, 0.3) is 0 Å². The summed E-state index contributed by atoms with van der Waals surface area (Å²) in [5.74, 6) is 4.37. The second-order valence-electron chi connectivity index (χ2n) is 16.8. The third kappa shape index (κ3) is 5.11. The highest BCUT2D eigenvalue weighted by Crippen LogP contribution is 2.45. The van der Waals surface area contributed by atoms with Gasteiger partial charge in [-0.15, -0.1) is 0 Å². The van der Waals surface area contributed by atoms with Crippen LogP contribution in [-0.2, 0) is 0 Å². The molecule has 0 amide bonds. The minimum Gasteiger partial charge on any atom is -0.328 e. The largest absolute Gasteiger partial charge is 0.328 e. The van der Waals surface area contributed by atoms with Crippen molar-refractivity contribution in [2.45, 2.75) is 151 Å². The Labute approximate surface area is 263 Å². The lowest BCUT2D eigenvalue weighted by Crippen LogP contribution is -2.61. The Morgan fingerprint density at radius 1 is 0.250 bits per heavy atom. The normalized spacial score (nSPS) is 60.3. The van der Waals surface area contributed by atoms with Gasteiger partial charge in [0, 0.05) is 24.2 Å². The molecule has 12 heteroatoms. The topological polar surface area (TPSA) is 200 Å². The van der Waals surface area contributed by atoms with Crippen molar-refractivity contribution in [3.8, 4) is 0 Å². The van der Waals surface area contributed by atoms with E-state index in [4.69, 9.17) is 22.9 Å². The number of hydrogen-bond donors (Lipinski definition) is 12. The SMILES string of the molecule is NC1CCC2C3NC4NC(NC5NC(NC6NC(NC(N3)C2C1)C1CCC(N)CC61)C1CCC(N)CC51)C1CC(N)CCC41. The number of nitrogens with one attached hydrogen (secondary N) is 8. The van der Waals surface area contributed by atoms with Gasteiger partial charge in [-0.05, 0) is 124 Å². The van der Waals surface area contributed by atoms with E-state index in [-0.39, 0.29) is 67.5 Å². The molecule has 20 unspecified atom stereocenters. The standard InChI is InChI=1S/C32H60N12/c33-13-1-5-17-21(9-13)29-38-25(17)37-26-18-6-2-15(35)11-23(18)31(39-26)44-32-24-12-16(36)4-8-20(24)28(43-32)42-30-22-10-14(34)3-7-19(22)27(40-29)41-30/h13-32,37-44H,1-12,33-36H2. The highest BCUT2D eigenvalue weighted by molar-refractivity contribution is 5.10. The zero-order valence-corrected chi connectivity index (χ0v) is 26.3. The van der Waals surface area contributed by atoms with E-state index in [1.54, 1.807) is 0 Å². The Morgan fingerprint density at radius 2 is 0.432 bits per heavy atom. The summed E-state index contributed by atoms with van der Waals surface area (Å²) in [7, 11) is 0. The molecular formula is C32H60N12. The van der Waals surface area contributed by atoms with Crippen molar-refractivity contribution in [2.75, 3.05) is 0 Å². The fourth-order valence-electron chi connectivity index (χ4n) is 12.1. The van der Waals surface area contributed by atoms with E-state index in [9.17, 15) is 0 Å². The Kier molecular flexibility index (Phi) is 7.81. The van der Waals surface area contributed by atoms with Crippen LogP contribution in [0, 0.1) is 47.3 Å². The molecule has 0 aromatic heterocycles. The molecule has 0 aromatic carbocycles. The molecule has 5 heterocycles. The summed E-state index contributed by atoms with van der Waals surface area (Å²) in [6, 6.07) is 1.16. The smallest absolute Gasteiger partial charge is 0.0629 e. The van der Waals surface area contributed by atoms with Crippen LogP contribution in [0.3, 0.4) is 0 Å². The summed E-state index contributed by atoms with van der Waals surface area (Å²) in [6.45, 7) is 0. The molecule has 5 saturated heterocycles. The van der Waals surface area contributed by atoms with E-state index in [1.807, 2.05) is 0 Å². The molecule has 9 fully saturated rings. The summed E-state index contributed by atoms with van der Waals surface area (Å²) >= 11 is 0. The van der Waals surface area contributed by atoms with E-state index in [0.29, 0.717) is 53.4 Å². The van der Waals surface area contributed by atoms with Crippen LogP contribution in [0.4, 0.5) is 0 Å². The molecule has 9 rings (SSSR count). The predicted molar refractivity (Wildman–Crippen MR) is 171 cm³/mol. The minimum absolute atomic E-state index is 0.227. The minimum atomic E-state index is 0.227. The van der Waals surface area contributed by atoms with E-state index >= 15 is 0 Å². The van der Waals surface area contributed by atoms with Gasteiger partial charge >= 0.3 is 0 Å². The maximum atomic E-state index is 6.63. The molecule has 12 nitrogen and oxygen atoms in total. The van der Waals surface area contributed by atoms with Crippen LogP contribution < -0.4 is 65.5 Å². The van der Waals surface area contributed by atoms with E-state index < -0.39 is 0 Å². The Hall–Kier alpha value is -0.480. The third-order valence-electron chi connectivity index (χ3n) is 14.3. The lowest BCUT2D eigenvalue weighted by molar-refractivity contribution is 0.153. The Bertz CT molecular complexity index is 1050. The van der Waals surface area contributed by atoms with Gasteiger partial charge in [0.15, 0.2) is 0 Å². The van der Waals surface area contributed by atoms with Gasteiger partial charge in [0.05, 0.1) is 49.3 Å². The molecule has 248 valence electrons. The van der Waals surface area contributed by atoms with Crippen LogP contribution in [0.15, 0.2) is 0 Å². The van der Waals surface area contributed by atoms with Crippen LogP contribution >= 0.6 is 0 Å². The number of fused-ring (bicyclic) bond motifs is 20. The lowest BCUT2D eigenvalue weighted by atomic mass is 9.74. The van der Waals surface area contributed by atoms with Gasteiger partial charge in [-0.2, -0.15) is 0 Å². The highest BCUT2D eigenvalue weighted by Gasteiger charge is 2.55. The zero-order chi connectivity index (χ0) is 29.7. The average molecular weight is 613 g/mol. The molecule has 4 saturated carbocycles. The van der Waals surface area contributed by atoms with Crippen LogP contribution in [0.2, 0.25) is 0 Å². The summed E-state index contributed by atoms with van der Waals surface area (Å²) in [5, 5.41) is 33.1. The molecule has 0 spiro atoms. The van der Waals surface area contributed by atoms with Gasteiger partial charge in [0.25, 0.3) is 0 Å². The van der Waals surface area contributed by atoms with Crippen molar-refractivity contribution in [1.29, 1.82) is 0 Å². The predicted octanol–water partition coefficient (Wildman–Crippen LogP) is -1.65. The first-order chi connectivity index (χ1) is 21.4. The lowest BCUT2D eigenvalue weighted by Gasteiger charge is -2.38. The molecule has 0 radical (unpaired) electrons. The molecule has 8 bridgehead atoms. The van der Waals surface area contributed by atoms with Gasteiger partial charge in [0.1, 0.15) is 0 Å². The molecule has 44 heavy (non-hydrogen) atoms. The number of nitrogens with two attached hydrogens (primary N) is 4. The summed E-state index contributed by atoms with van der Waals surface area (Å²) < 4.78 is 0. The molecule has 0 aromatic rings. The quantitative estimate of drug-likeness (QED) is 0.149. The van der Waals surface area contributed by atoms with Crippen molar-refractivity contribution in [1.82, 2.24) is 42.5 Å². The van der Waals surface area contributed by atoms with E-state index in [2.05, 4.69) is 42.5 Å². The van der Waals surface area contributed by atoms with Gasteiger partial charge in [-0.1, -0.05) is 0 Å². The second kappa shape index (κ2) is 11.6. The molecular weight excluding hydrogens is 552 g/mol. The van der Waals surface area contributed by atoms with Gasteiger partial charge in [0.2, 0.25) is 0 Å². The van der Waals surface area contributed by atoms with Gasteiger partial charge < -0.3 is 22.9 Å². The molecule has 20 atom stereocenters. The fourth-order valence-corrected chi connectivity index (χ4v) is 12.1. The number of rotatable bonds is 0. The maximum absolute atomic E-state index is 6.63. The fraction of sp³-hybridized carbons (Fsp3) is 1.00. The van der Waals surface area contributed by atoms with Crippen molar-refractivity contribution >= 4 is 0 Å². The van der Waals surface area contributed by atoms with Crippen molar-refractivity contribution in [3.05, 3.63) is 0 Å². The van der Waals surface area contributed by atoms with Crippen LogP contribution in [0.5, 0.6) is 0 Å². The Morgan fingerprint density at radius 3 is 0.636 bits per heavy atom. The Balaban J connectivity index is 1.06. The third-order valence-corrected chi connectivity index (χ3v) is 14.3. The van der Waals surface area contributed by atoms with Crippen LogP contribution in [0.1, 0.15) is 77.0 Å². The monoisotopic (exact) mass is 613 g/mol. The molecule has 5 aliphatic heterocycles. The van der Waals surface area contributed by atoms with Gasteiger partial charge in [-0.3, -0.25) is 42.5 Å². The van der Waals surface area contributed by atoms with Crippen molar-refractivity contribution < 1.29 is 0 Å². The van der Waals surface area contributed by atoms with Crippen molar-refractivity contribution in [2.24, 2.45) is 70.3 Å². The molecule has 4 aliphatic carbocycles. The second-order valence-corrected chi connectivity index (χ2v) is 16.8. The highest BCUT2D eigenvalue weighted by atomic mass is 15.4. The summed E-state index contributed by atoms with van der Waals surface area (Å²) in [4.78, 5) is 0. The number of hydrogen-bond acceptors (Lipinski definition) is 12. The molecule has 16 N–H and O–H groups in total. The summed E-state index contributed by atoms with van der Waals surface area (Å²) in [5.41, 5.74) is 26.5. The van der Waals surface area contributed by atoms with Crippen LogP contribution in [-0.4, -0.2) is 73.5 Å². The van der Waals surface area contributed by atoms with Gasteiger partial charge in [-0.25, -0.2) is 0 Å². The van der Waals surface area contributed by atoms with E-state index in [1.165, 1.54) is 25.7 Å². The average Bonchev–Trinajstić information content (AvgIpc) is 3.71. The molecule has 9 aliphatic rings. The first-order valence-electron chi connectivity index (χ1n) is 18.5.